The first-order valence-corrected chi connectivity index (χ1v) is 11.1. The van der Waals surface area contributed by atoms with Crippen molar-refractivity contribution in [3.8, 4) is 5.75 Å². The molecule has 162 valence electrons. The van der Waals surface area contributed by atoms with Crippen molar-refractivity contribution in [2.24, 2.45) is 7.05 Å². The number of ketones is 1. The zero-order valence-corrected chi connectivity index (χ0v) is 19.3. The van der Waals surface area contributed by atoms with Gasteiger partial charge in [-0.3, -0.25) is 9.59 Å². The molecule has 3 rings (SSSR count). The molecule has 1 aromatic heterocycles. The Bertz CT molecular complexity index is 1050. The van der Waals surface area contributed by atoms with Crippen LogP contribution in [-0.4, -0.2) is 51.0 Å². The number of carbonyl (C=O) groups is 2. The van der Waals surface area contributed by atoms with Gasteiger partial charge < -0.3 is 19.7 Å². The lowest BCUT2D eigenvalue weighted by atomic mass is 10.2. The molecule has 1 heterocycles. The molecule has 0 unspecified atom stereocenters. The Balaban J connectivity index is 1.65. The van der Waals surface area contributed by atoms with Crippen molar-refractivity contribution in [2.45, 2.75) is 11.2 Å². The number of benzene rings is 2. The SMILES string of the molecule is COc1ccc(C(=O)N[C@@H](CO)c2nnc(SCC(=O)c3ccc(Br)cc3)n2C)cc1. The van der Waals surface area contributed by atoms with E-state index in [1.165, 1.54) is 11.8 Å². The summed E-state index contributed by atoms with van der Waals surface area (Å²) in [6.45, 7) is -0.351. The number of Topliss-reactive ketones (excluding diaryl/α,β-unsaturated/α-hetero) is 1. The molecule has 0 saturated carbocycles. The van der Waals surface area contributed by atoms with Crippen molar-refractivity contribution < 1.29 is 19.4 Å². The molecule has 0 saturated heterocycles. The maximum Gasteiger partial charge on any atom is 0.251 e. The van der Waals surface area contributed by atoms with Crippen molar-refractivity contribution in [2.75, 3.05) is 19.5 Å². The van der Waals surface area contributed by atoms with E-state index in [1.54, 1.807) is 55.1 Å². The van der Waals surface area contributed by atoms with Crippen LogP contribution in [0.25, 0.3) is 0 Å². The van der Waals surface area contributed by atoms with E-state index >= 15 is 0 Å². The first-order valence-electron chi connectivity index (χ1n) is 9.29. The highest BCUT2D eigenvalue weighted by Gasteiger charge is 2.22. The van der Waals surface area contributed by atoms with Crippen LogP contribution in [0.3, 0.4) is 0 Å². The molecule has 0 aliphatic heterocycles. The van der Waals surface area contributed by atoms with Crippen LogP contribution in [0.2, 0.25) is 0 Å². The van der Waals surface area contributed by atoms with Gasteiger partial charge >= 0.3 is 0 Å². The summed E-state index contributed by atoms with van der Waals surface area (Å²) in [6, 6.07) is 13.0. The Hall–Kier alpha value is -2.69. The number of rotatable bonds is 9. The monoisotopic (exact) mass is 504 g/mol. The molecular formula is C21H21BrN4O4S. The maximum atomic E-state index is 12.5. The number of halogens is 1. The number of amides is 1. The number of aliphatic hydroxyl groups excluding tert-OH is 1. The van der Waals surface area contributed by atoms with Crippen molar-refractivity contribution in [3.05, 3.63) is 70.0 Å². The second kappa shape index (κ2) is 10.6. The minimum atomic E-state index is -0.747. The number of aliphatic hydroxyl groups is 1. The van der Waals surface area contributed by atoms with E-state index in [4.69, 9.17) is 4.74 Å². The first-order chi connectivity index (χ1) is 14.9. The Kier molecular flexibility index (Phi) is 7.83. The zero-order valence-electron chi connectivity index (χ0n) is 16.9. The molecule has 8 nitrogen and oxygen atoms in total. The molecule has 10 heteroatoms. The molecule has 0 radical (unpaired) electrons. The number of aromatic nitrogens is 3. The zero-order chi connectivity index (χ0) is 22.4. The number of thioether (sulfide) groups is 1. The largest absolute Gasteiger partial charge is 0.497 e. The number of methoxy groups -OCH3 is 1. The lowest BCUT2D eigenvalue weighted by Gasteiger charge is -2.16. The Morgan fingerprint density at radius 3 is 2.39 bits per heavy atom. The first kappa shape index (κ1) is 23.0. The highest BCUT2D eigenvalue weighted by molar-refractivity contribution is 9.10. The Morgan fingerprint density at radius 2 is 1.77 bits per heavy atom. The van der Waals surface area contributed by atoms with Gasteiger partial charge in [0.25, 0.3) is 5.91 Å². The third-order valence-electron chi connectivity index (χ3n) is 4.52. The fraction of sp³-hybridized carbons (Fsp3) is 0.238. The van der Waals surface area contributed by atoms with E-state index in [2.05, 4.69) is 31.4 Å². The van der Waals surface area contributed by atoms with Gasteiger partial charge in [-0.1, -0.05) is 39.8 Å². The van der Waals surface area contributed by atoms with E-state index < -0.39 is 6.04 Å². The van der Waals surface area contributed by atoms with E-state index in [9.17, 15) is 14.7 Å². The minimum absolute atomic E-state index is 0.0337. The van der Waals surface area contributed by atoms with E-state index in [0.717, 1.165) is 4.47 Å². The predicted octanol–water partition coefficient (Wildman–Crippen LogP) is 3.02. The summed E-state index contributed by atoms with van der Waals surface area (Å²) < 4.78 is 7.66. The molecule has 2 aromatic carbocycles. The van der Waals surface area contributed by atoms with Crippen LogP contribution in [-0.2, 0) is 7.05 Å². The van der Waals surface area contributed by atoms with Gasteiger partial charge in [0, 0.05) is 22.6 Å². The molecule has 1 amide bonds. The quantitative estimate of drug-likeness (QED) is 0.340. The Morgan fingerprint density at radius 1 is 1.13 bits per heavy atom. The molecule has 0 fully saturated rings. The van der Waals surface area contributed by atoms with Gasteiger partial charge in [0.05, 0.1) is 19.5 Å². The lowest BCUT2D eigenvalue weighted by molar-refractivity contribution is 0.0911. The average molecular weight is 505 g/mol. The number of nitrogens with one attached hydrogen (secondary N) is 1. The van der Waals surface area contributed by atoms with Crippen LogP contribution in [0, 0.1) is 0 Å². The summed E-state index contributed by atoms with van der Waals surface area (Å²) in [5.74, 6) is 0.832. The fourth-order valence-corrected chi connectivity index (χ4v) is 3.86. The molecule has 1 atom stereocenters. The molecule has 0 spiro atoms. The molecule has 0 aliphatic rings. The van der Waals surface area contributed by atoms with Crippen molar-refractivity contribution >= 4 is 39.4 Å². The normalized spacial score (nSPS) is 11.7. The number of ether oxygens (including phenoxy) is 1. The summed E-state index contributed by atoms with van der Waals surface area (Å²) in [5, 5.41) is 21.3. The van der Waals surface area contributed by atoms with E-state index in [0.29, 0.717) is 27.9 Å². The van der Waals surface area contributed by atoms with E-state index in [1.807, 2.05) is 12.1 Å². The summed E-state index contributed by atoms with van der Waals surface area (Å²) in [4.78, 5) is 24.9. The minimum Gasteiger partial charge on any atom is -0.497 e. The lowest BCUT2D eigenvalue weighted by Crippen LogP contribution is -2.32. The summed E-state index contributed by atoms with van der Waals surface area (Å²) in [6.07, 6.45) is 0. The van der Waals surface area contributed by atoms with Crippen LogP contribution in [0.15, 0.2) is 58.2 Å². The van der Waals surface area contributed by atoms with E-state index in [-0.39, 0.29) is 24.1 Å². The van der Waals surface area contributed by atoms with Crippen molar-refractivity contribution in [1.29, 1.82) is 0 Å². The van der Waals surface area contributed by atoms with Crippen LogP contribution >= 0.6 is 27.7 Å². The van der Waals surface area contributed by atoms with Gasteiger partial charge in [-0.05, 0) is 36.4 Å². The maximum absolute atomic E-state index is 12.5. The topological polar surface area (TPSA) is 106 Å². The molecule has 0 aliphatic carbocycles. The number of hydrogen-bond donors (Lipinski definition) is 2. The molecular weight excluding hydrogens is 484 g/mol. The number of nitrogens with zero attached hydrogens (tertiary/aromatic N) is 3. The number of hydrogen-bond acceptors (Lipinski definition) is 7. The van der Waals surface area contributed by atoms with Gasteiger partial charge in [-0.2, -0.15) is 0 Å². The highest BCUT2D eigenvalue weighted by atomic mass is 79.9. The third-order valence-corrected chi connectivity index (χ3v) is 6.07. The van der Waals surface area contributed by atoms with Gasteiger partial charge in [0.2, 0.25) is 0 Å². The standard InChI is InChI=1S/C21H21BrN4O4S/c1-26-19(17(11-27)23-20(29)14-5-9-16(30-2)10-6-14)24-25-21(26)31-12-18(28)13-3-7-15(22)8-4-13/h3-10,17,27H,11-12H2,1-2H3,(H,23,29)/t17-/m0/s1. The molecule has 2 N–H and O–H groups in total. The summed E-state index contributed by atoms with van der Waals surface area (Å²) in [7, 11) is 3.27. The Labute approximate surface area is 192 Å². The number of carbonyl (C=O) groups excluding carboxylic acids is 2. The van der Waals surface area contributed by atoms with Crippen LogP contribution < -0.4 is 10.1 Å². The van der Waals surface area contributed by atoms with Gasteiger partial charge in [0.15, 0.2) is 16.8 Å². The smallest absolute Gasteiger partial charge is 0.251 e. The van der Waals surface area contributed by atoms with Gasteiger partial charge in [0.1, 0.15) is 11.8 Å². The molecule has 3 aromatic rings. The fourth-order valence-electron chi connectivity index (χ4n) is 2.78. The van der Waals surface area contributed by atoms with Crippen molar-refractivity contribution in [1.82, 2.24) is 20.1 Å². The molecule has 31 heavy (non-hydrogen) atoms. The third kappa shape index (κ3) is 5.72. The average Bonchev–Trinajstić information content (AvgIpc) is 3.16. The molecule has 0 bridgehead atoms. The summed E-state index contributed by atoms with van der Waals surface area (Å²) in [5.41, 5.74) is 1.04. The second-order valence-electron chi connectivity index (χ2n) is 6.56. The van der Waals surface area contributed by atoms with Crippen LogP contribution in [0.1, 0.15) is 32.6 Å². The van der Waals surface area contributed by atoms with Gasteiger partial charge in [-0.15, -0.1) is 10.2 Å². The van der Waals surface area contributed by atoms with Crippen molar-refractivity contribution in [3.63, 3.8) is 0 Å². The predicted molar refractivity (Wildman–Crippen MR) is 120 cm³/mol. The van der Waals surface area contributed by atoms with Gasteiger partial charge in [-0.25, -0.2) is 0 Å². The van der Waals surface area contributed by atoms with Crippen LogP contribution in [0.4, 0.5) is 0 Å². The highest BCUT2D eigenvalue weighted by Crippen LogP contribution is 2.21. The second-order valence-corrected chi connectivity index (χ2v) is 8.41. The summed E-state index contributed by atoms with van der Waals surface area (Å²) >= 11 is 4.59. The van der Waals surface area contributed by atoms with Crippen LogP contribution in [0.5, 0.6) is 5.75 Å².